The van der Waals surface area contributed by atoms with Gasteiger partial charge in [-0.25, -0.2) is 0 Å². The molecule has 0 spiro atoms. The highest BCUT2D eigenvalue weighted by molar-refractivity contribution is 5.26. The van der Waals surface area contributed by atoms with E-state index in [1.807, 2.05) is 19.9 Å². The molecule has 1 aromatic heterocycles. The van der Waals surface area contributed by atoms with Crippen molar-refractivity contribution < 1.29 is 4.42 Å². The van der Waals surface area contributed by atoms with Gasteiger partial charge in [-0.15, -0.1) is 6.58 Å². The lowest BCUT2D eigenvalue weighted by molar-refractivity contribution is 0.500. The number of hydrogen-bond acceptors (Lipinski definition) is 2. The molecule has 1 heterocycles. The van der Waals surface area contributed by atoms with Gasteiger partial charge in [0.05, 0.1) is 6.04 Å². The van der Waals surface area contributed by atoms with Gasteiger partial charge in [-0.2, -0.15) is 0 Å². The Hall–Kier alpha value is -1.02. The van der Waals surface area contributed by atoms with Crippen LogP contribution in [0.1, 0.15) is 23.1 Å². The fourth-order valence-electron chi connectivity index (χ4n) is 1.11. The first-order valence-electron chi connectivity index (χ1n) is 3.60. The molecule has 11 heavy (non-hydrogen) atoms. The van der Waals surface area contributed by atoms with E-state index in [0.717, 1.165) is 17.1 Å². The van der Waals surface area contributed by atoms with Crippen molar-refractivity contribution >= 4 is 0 Å². The zero-order valence-electron chi connectivity index (χ0n) is 6.92. The summed E-state index contributed by atoms with van der Waals surface area (Å²) in [6.07, 6.45) is 1.71. The Morgan fingerprint density at radius 3 is 2.64 bits per heavy atom. The van der Waals surface area contributed by atoms with Crippen LogP contribution < -0.4 is 5.73 Å². The molecule has 0 aliphatic heterocycles. The maximum Gasteiger partial charge on any atom is 0.106 e. The van der Waals surface area contributed by atoms with Crippen LogP contribution in [0.25, 0.3) is 0 Å². The first kappa shape index (κ1) is 8.08. The van der Waals surface area contributed by atoms with E-state index in [0.29, 0.717) is 0 Å². The molecule has 0 saturated heterocycles. The summed E-state index contributed by atoms with van der Waals surface area (Å²) in [5.41, 5.74) is 6.76. The van der Waals surface area contributed by atoms with Gasteiger partial charge in [-0.05, 0) is 19.9 Å². The van der Waals surface area contributed by atoms with Gasteiger partial charge in [-0.3, -0.25) is 0 Å². The van der Waals surface area contributed by atoms with Crippen molar-refractivity contribution in [3.05, 3.63) is 35.8 Å². The van der Waals surface area contributed by atoms with E-state index >= 15 is 0 Å². The summed E-state index contributed by atoms with van der Waals surface area (Å²) in [6, 6.07) is 1.84. The minimum atomic E-state index is -0.104. The van der Waals surface area contributed by atoms with E-state index < -0.39 is 0 Å². The van der Waals surface area contributed by atoms with Crippen molar-refractivity contribution in [3.63, 3.8) is 0 Å². The third-order valence-corrected chi connectivity index (χ3v) is 1.69. The third kappa shape index (κ3) is 1.52. The van der Waals surface area contributed by atoms with Crippen LogP contribution in [0.2, 0.25) is 0 Å². The molecule has 0 aromatic carbocycles. The molecule has 60 valence electrons. The minimum Gasteiger partial charge on any atom is -0.466 e. The lowest BCUT2D eigenvalue weighted by Gasteiger charge is -2.01. The topological polar surface area (TPSA) is 39.2 Å². The van der Waals surface area contributed by atoms with Crippen molar-refractivity contribution in [1.29, 1.82) is 0 Å². The Bertz CT molecular complexity index is 263. The number of hydrogen-bond donors (Lipinski definition) is 1. The van der Waals surface area contributed by atoms with Gasteiger partial charge >= 0.3 is 0 Å². The van der Waals surface area contributed by atoms with Crippen molar-refractivity contribution in [2.75, 3.05) is 0 Å². The normalized spacial score (nSPS) is 13.0. The second-order valence-corrected chi connectivity index (χ2v) is 2.63. The summed E-state index contributed by atoms with van der Waals surface area (Å²) in [5.74, 6) is 1.78. The number of rotatable bonds is 2. The molecule has 0 aliphatic rings. The first-order chi connectivity index (χ1) is 5.15. The first-order valence-corrected chi connectivity index (χ1v) is 3.60. The maximum atomic E-state index is 5.73. The summed E-state index contributed by atoms with van der Waals surface area (Å²) in [7, 11) is 0. The predicted octanol–water partition coefficient (Wildman–Crippen LogP) is 2.08. The van der Waals surface area contributed by atoms with Crippen molar-refractivity contribution in [2.24, 2.45) is 5.73 Å². The van der Waals surface area contributed by atoms with Crippen LogP contribution in [0.3, 0.4) is 0 Å². The van der Waals surface area contributed by atoms with Crippen LogP contribution in [0, 0.1) is 13.8 Å². The fourth-order valence-corrected chi connectivity index (χ4v) is 1.11. The van der Waals surface area contributed by atoms with Crippen molar-refractivity contribution in [1.82, 2.24) is 0 Å². The van der Waals surface area contributed by atoms with E-state index in [4.69, 9.17) is 10.2 Å². The Balaban J connectivity index is 3.02. The molecule has 2 nitrogen and oxygen atoms in total. The largest absolute Gasteiger partial charge is 0.466 e. The number of aryl methyl sites for hydroxylation is 2. The van der Waals surface area contributed by atoms with Crippen LogP contribution in [0.5, 0.6) is 0 Å². The van der Waals surface area contributed by atoms with Crippen molar-refractivity contribution in [3.8, 4) is 0 Å². The molecule has 0 fully saturated rings. The molecule has 0 radical (unpaired) electrons. The molecule has 1 rings (SSSR count). The molecule has 0 bridgehead atoms. The quantitative estimate of drug-likeness (QED) is 0.657. The number of furan rings is 1. The Kier molecular flexibility index (Phi) is 2.15. The molecule has 0 amide bonds. The summed E-state index contributed by atoms with van der Waals surface area (Å²) < 4.78 is 5.31. The lowest BCUT2D eigenvalue weighted by atomic mass is 10.1. The highest BCUT2D eigenvalue weighted by Crippen LogP contribution is 2.19. The zero-order chi connectivity index (χ0) is 8.43. The van der Waals surface area contributed by atoms with E-state index in [1.165, 1.54) is 0 Å². The van der Waals surface area contributed by atoms with E-state index in [2.05, 4.69) is 6.58 Å². The molecular formula is C9H13NO. The second kappa shape index (κ2) is 2.93. The Morgan fingerprint density at radius 1 is 1.64 bits per heavy atom. The van der Waals surface area contributed by atoms with Gasteiger partial charge in [0, 0.05) is 5.56 Å². The summed E-state index contributed by atoms with van der Waals surface area (Å²) in [5, 5.41) is 0. The molecular weight excluding hydrogens is 138 g/mol. The average Bonchev–Trinajstić information content (AvgIpc) is 2.28. The minimum absolute atomic E-state index is 0.104. The van der Waals surface area contributed by atoms with Crippen LogP contribution in [-0.4, -0.2) is 0 Å². The van der Waals surface area contributed by atoms with Gasteiger partial charge in [-0.1, -0.05) is 6.08 Å². The van der Waals surface area contributed by atoms with Gasteiger partial charge in [0.25, 0.3) is 0 Å². The van der Waals surface area contributed by atoms with E-state index in [1.54, 1.807) is 6.08 Å². The van der Waals surface area contributed by atoms with Crippen LogP contribution in [0.15, 0.2) is 23.1 Å². The monoisotopic (exact) mass is 151 g/mol. The van der Waals surface area contributed by atoms with Crippen LogP contribution in [-0.2, 0) is 0 Å². The Labute approximate surface area is 66.7 Å². The van der Waals surface area contributed by atoms with Crippen molar-refractivity contribution in [2.45, 2.75) is 19.9 Å². The molecule has 1 aromatic rings. The lowest BCUT2D eigenvalue weighted by Crippen LogP contribution is -2.06. The smallest absolute Gasteiger partial charge is 0.106 e. The van der Waals surface area contributed by atoms with Gasteiger partial charge < -0.3 is 10.2 Å². The molecule has 1 atom stereocenters. The maximum absolute atomic E-state index is 5.73. The second-order valence-electron chi connectivity index (χ2n) is 2.63. The standard InChI is InChI=1S/C9H13NO/c1-4-9(10)8-5-6(2)11-7(8)3/h4-5,9H,1,10H2,2-3H3. The molecule has 2 heteroatoms. The molecule has 0 saturated carbocycles. The fraction of sp³-hybridized carbons (Fsp3) is 0.333. The van der Waals surface area contributed by atoms with Gasteiger partial charge in [0.15, 0.2) is 0 Å². The summed E-state index contributed by atoms with van der Waals surface area (Å²) in [6.45, 7) is 7.44. The number of nitrogens with two attached hydrogens (primary N) is 1. The van der Waals surface area contributed by atoms with E-state index in [9.17, 15) is 0 Å². The third-order valence-electron chi connectivity index (χ3n) is 1.69. The molecule has 0 aliphatic carbocycles. The van der Waals surface area contributed by atoms with Crippen LogP contribution in [0.4, 0.5) is 0 Å². The highest BCUT2D eigenvalue weighted by atomic mass is 16.3. The zero-order valence-corrected chi connectivity index (χ0v) is 6.92. The molecule has 1 unspecified atom stereocenters. The van der Waals surface area contributed by atoms with Gasteiger partial charge in [0.1, 0.15) is 11.5 Å². The highest BCUT2D eigenvalue weighted by Gasteiger charge is 2.08. The van der Waals surface area contributed by atoms with Gasteiger partial charge in [0.2, 0.25) is 0 Å². The average molecular weight is 151 g/mol. The SMILES string of the molecule is C=CC(N)c1cc(C)oc1C. The molecule has 2 N–H and O–H groups in total. The summed E-state index contributed by atoms with van der Waals surface area (Å²) in [4.78, 5) is 0. The Morgan fingerprint density at radius 2 is 2.27 bits per heavy atom. The predicted molar refractivity (Wildman–Crippen MR) is 45.3 cm³/mol. The van der Waals surface area contributed by atoms with E-state index in [-0.39, 0.29) is 6.04 Å². The summed E-state index contributed by atoms with van der Waals surface area (Å²) >= 11 is 0. The van der Waals surface area contributed by atoms with Crippen LogP contribution >= 0.6 is 0 Å².